The summed E-state index contributed by atoms with van der Waals surface area (Å²) >= 11 is 0. The van der Waals surface area contributed by atoms with Gasteiger partial charge in [-0.05, 0) is 24.3 Å². The smallest absolute Gasteiger partial charge is 0.187 e. The fourth-order valence-corrected chi connectivity index (χ4v) is 2.73. The molecule has 3 aromatic rings. The second-order valence-corrected chi connectivity index (χ2v) is 5.42. The number of rotatable bonds is 1. The molecular weight excluding hydrogens is 278 g/mol. The molecule has 6 nitrogen and oxygen atoms in total. The largest absolute Gasteiger partial charge is 0.508 e. The van der Waals surface area contributed by atoms with Crippen LogP contribution >= 0.6 is 0 Å². The van der Waals surface area contributed by atoms with E-state index < -0.39 is 0 Å². The van der Waals surface area contributed by atoms with Crippen LogP contribution in [-0.2, 0) is 0 Å². The van der Waals surface area contributed by atoms with E-state index in [-0.39, 0.29) is 11.7 Å². The first kappa shape index (κ1) is 12.8. The molecule has 2 aromatic heterocycles. The van der Waals surface area contributed by atoms with Crippen molar-refractivity contribution < 1.29 is 5.11 Å². The van der Waals surface area contributed by atoms with Gasteiger partial charge in [-0.1, -0.05) is 13.0 Å². The number of benzene rings is 1. The molecular formula is C16H15N5O. The first-order valence-electron chi connectivity index (χ1n) is 7.18. The third-order valence-electron chi connectivity index (χ3n) is 3.84. The van der Waals surface area contributed by atoms with Crippen molar-refractivity contribution >= 4 is 5.69 Å². The van der Waals surface area contributed by atoms with Crippen molar-refractivity contribution in [2.45, 2.75) is 12.8 Å². The number of hydrogen-bond acceptors (Lipinski definition) is 5. The van der Waals surface area contributed by atoms with Crippen molar-refractivity contribution in [1.29, 1.82) is 0 Å². The summed E-state index contributed by atoms with van der Waals surface area (Å²) in [5.74, 6) is 2.02. The highest BCUT2D eigenvalue weighted by Gasteiger charge is 2.25. The monoisotopic (exact) mass is 293 g/mol. The van der Waals surface area contributed by atoms with Crippen molar-refractivity contribution in [3.63, 3.8) is 0 Å². The summed E-state index contributed by atoms with van der Waals surface area (Å²) in [7, 11) is 0. The third kappa shape index (κ3) is 1.92. The van der Waals surface area contributed by atoms with Crippen LogP contribution < -0.4 is 5.32 Å². The maximum absolute atomic E-state index is 9.74. The molecule has 0 aliphatic carbocycles. The predicted octanol–water partition coefficient (Wildman–Crippen LogP) is 2.56. The van der Waals surface area contributed by atoms with Gasteiger partial charge in [-0.2, -0.15) is 0 Å². The number of nitrogens with one attached hydrogen (secondary N) is 1. The second kappa shape index (κ2) is 4.84. The van der Waals surface area contributed by atoms with E-state index in [2.05, 4.69) is 27.4 Å². The van der Waals surface area contributed by atoms with Crippen LogP contribution in [0.3, 0.4) is 0 Å². The molecule has 1 aliphatic rings. The van der Waals surface area contributed by atoms with Crippen LogP contribution in [0.1, 0.15) is 18.7 Å². The van der Waals surface area contributed by atoms with Crippen molar-refractivity contribution in [2.75, 3.05) is 11.9 Å². The summed E-state index contributed by atoms with van der Waals surface area (Å²) < 4.78 is 2.02. The van der Waals surface area contributed by atoms with Gasteiger partial charge >= 0.3 is 0 Å². The fraction of sp³-hybridized carbons (Fsp3) is 0.188. The van der Waals surface area contributed by atoms with Crippen LogP contribution in [-0.4, -0.2) is 31.4 Å². The molecule has 0 saturated heterocycles. The predicted molar refractivity (Wildman–Crippen MR) is 83.2 cm³/mol. The Hall–Kier alpha value is -2.89. The Morgan fingerprint density at radius 1 is 1.23 bits per heavy atom. The lowest BCUT2D eigenvalue weighted by atomic mass is 10.1. The van der Waals surface area contributed by atoms with E-state index in [0.717, 1.165) is 29.4 Å². The molecule has 110 valence electrons. The number of phenolic OH excluding ortho intramolecular Hbond substituents is 1. The minimum Gasteiger partial charge on any atom is -0.508 e. The molecule has 4 rings (SSSR count). The van der Waals surface area contributed by atoms with Gasteiger partial charge in [0.05, 0.1) is 11.4 Å². The number of nitrogens with zero attached hydrogens (tertiary/aromatic N) is 4. The number of aromatic nitrogens is 4. The van der Waals surface area contributed by atoms with Gasteiger partial charge in [-0.25, -0.2) is 0 Å². The maximum atomic E-state index is 9.74. The normalized spacial score (nSPS) is 16.3. The zero-order valence-electron chi connectivity index (χ0n) is 12.1. The lowest BCUT2D eigenvalue weighted by Crippen LogP contribution is -2.09. The summed E-state index contributed by atoms with van der Waals surface area (Å²) in [4.78, 5) is 4.38. The van der Waals surface area contributed by atoms with Crippen LogP contribution in [0.2, 0.25) is 0 Å². The standard InChI is InChI=1S/C16H15N5O/c1-10-9-18-13-8-11(22)5-6-14(13)21-15(10)19-20-16(21)12-4-2-3-7-17-12/h2-8,10,18,22H,9H2,1H3/t10-/m1/s1. The zero-order valence-corrected chi connectivity index (χ0v) is 12.1. The molecule has 22 heavy (non-hydrogen) atoms. The average molecular weight is 293 g/mol. The van der Waals surface area contributed by atoms with Crippen LogP contribution in [0.5, 0.6) is 5.75 Å². The Kier molecular flexibility index (Phi) is 2.82. The summed E-state index contributed by atoms with van der Waals surface area (Å²) in [5, 5.41) is 21.8. The number of aromatic hydroxyl groups is 1. The van der Waals surface area contributed by atoms with Crippen LogP contribution in [0.25, 0.3) is 17.2 Å². The topological polar surface area (TPSA) is 75.9 Å². The highest BCUT2D eigenvalue weighted by Crippen LogP contribution is 2.34. The Morgan fingerprint density at radius 2 is 2.14 bits per heavy atom. The van der Waals surface area contributed by atoms with Gasteiger partial charge in [-0.3, -0.25) is 9.55 Å². The Bertz CT molecular complexity index is 828. The lowest BCUT2D eigenvalue weighted by Gasteiger charge is -2.12. The molecule has 0 bridgehead atoms. The first-order valence-corrected chi connectivity index (χ1v) is 7.18. The molecule has 0 amide bonds. The molecule has 0 fully saturated rings. The van der Waals surface area contributed by atoms with E-state index in [1.807, 2.05) is 28.8 Å². The van der Waals surface area contributed by atoms with Crippen LogP contribution in [0, 0.1) is 0 Å². The Labute approximate surface area is 127 Å². The summed E-state index contributed by atoms with van der Waals surface area (Å²) in [6, 6.07) is 11.0. The fourth-order valence-electron chi connectivity index (χ4n) is 2.73. The number of phenols is 1. The molecule has 3 heterocycles. The third-order valence-corrected chi connectivity index (χ3v) is 3.84. The van der Waals surface area contributed by atoms with Gasteiger partial charge in [0.15, 0.2) is 5.82 Å². The molecule has 0 spiro atoms. The number of pyridine rings is 1. The summed E-state index contributed by atoms with van der Waals surface area (Å²) in [6.07, 6.45) is 1.74. The zero-order chi connectivity index (χ0) is 15.1. The quantitative estimate of drug-likeness (QED) is 0.721. The Morgan fingerprint density at radius 3 is 2.95 bits per heavy atom. The second-order valence-electron chi connectivity index (χ2n) is 5.42. The maximum Gasteiger partial charge on any atom is 0.187 e. The minimum atomic E-state index is 0.194. The first-order chi connectivity index (χ1) is 10.7. The van der Waals surface area contributed by atoms with Gasteiger partial charge in [0.1, 0.15) is 17.3 Å². The number of anilines is 1. The molecule has 2 N–H and O–H groups in total. The average Bonchev–Trinajstić information content (AvgIpc) is 2.93. The van der Waals surface area contributed by atoms with Gasteiger partial charge in [0.25, 0.3) is 0 Å². The van der Waals surface area contributed by atoms with E-state index in [0.29, 0.717) is 5.82 Å². The number of hydrogen-bond donors (Lipinski definition) is 2. The van der Waals surface area contributed by atoms with Crippen LogP contribution in [0.4, 0.5) is 5.69 Å². The summed E-state index contributed by atoms with van der Waals surface area (Å²) in [6.45, 7) is 2.83. The summed E-state index contributed by atoms with van der Waals surface area (Å²) in [5.41, 5.74) is 2.56. The van der Waals surface area contributed by atoms with Crippen molar-refractivity contribution in [2.24, 2.45) is 0 Å². The molecule has 1 atom stereocenters. The van der Waals surface area contributed by atoms with E-state index >= 15 is 0 Å². The SMILES string of the molecule is C[C@@H]1CNc2cc(O)ccc2-n2c(-c3ccccn3)nnc21. The van der Waals surface area contributed by atoms with E-state index in [1.165, 1.54) is 0 Å². The van der Waals surface area contributed by atoms with Gasteiger partial charge < -0.3 is 10.4 Å². The molecule has 1 aliphatic heterocycles. The molecule has 0 saturated carbocycles. The molecule has 6 heteroatoms. The van der Waals surface area contributed by atoms with Gasteiger partial charge in [0, 0.05) is 24.7 Å². The molecule has 1 aromatic carbocycles. The van der Waals surface area contributed by atoms with E-state index in [4.69, 9.17) is 0 Å². The Balaban J connectivity index is 2.00. The van der Waals surface area contributed by atoms with Crippen molar-refractivity contribution in [3.05, 3.63) is 48.4 Å². The van der Waals surface area contributed by atoms with E-state index in [1.54, 1.807) is 18.3 Å². The molecule has 0 radical (unpaired) electrons. The van der Waals surface area contributed by atoms with Gasteiger partial charge in [0.2, 0.25) is 0 Å². The lowest BCUT2D eigenvalue weighted by molar-refractivity contribution is 0.475. The van der Waals surface area contributed by atoms with E-state index in [9.17, 15) is 5.11 Å². The molecule has 0 unspecified atom stereocenters. The van der Waals surface area contributed by atoms with Crippen molar-refractivity contribution in [1.82, 2.24) is 19.7 Å². The highest BCUT2D eigenvalue weighted by molar-refractivity contribution is 5.68. The minimum absolute atomic E-state index is 0.194. The number of fused-ring (bicyclic) bond motifs is 3. The van der Waals surface area contributed by atoms with Crippen LogP contribution in [0.15, 0.2) is 42.6 Å². The van der Waals surface area contributed by atoms with Crippen molar-refractivity contribution in [3.8, 4) is 23.0 Å². The van der Waals surface area contributed by atoms with Gasteiger partial charge in [-0.15, -0.1) is 10.2 Å². The highest BCUT2D eigenvalue weighted by atomic mass is 16.3.